The number of halogens is 1. The van der Waals surface area contributed by atoms with Crippen LogP contribution in [0.5, 0.6) is 0 Å². The minimum absolute atomic E-state index is 0.209. The summed E-state index contributed by atoms with van der Waals surface area (Å²) in [6, 6.07) is 8.68. The van der Waals surface area contributed by atoms with Crippen molar-refractivity contribution >= 4 is 52.4 Å². The fourth-order valence-corrected chi connectivity index (χ4v) is 3.16. The van der Waals surface area contributed by atoms with Crippen molar-refractivity contribution in [3.63, 3.8) is 0 Å². The van der Waals surface area contributed by atoms with E-state index in [1.807, 2.05) is 0 Å². The van der Waals surface area contributed by atoms with Crippen molar-refractivity contribution in [2.45, 2.75) is 0 Å². The van der Waals surface area contributed by atoms with Gasteiger partial charge in [-0.25, -0.2) is 4.39 Å². The number of furan rings is 1. The fraction of sp³-hybridized carbons (Fsp3) is 0. The van der Waals surface area contributed by atoms with E-state index in [0.717, 1.165) is 16.8 Å². The highest BCUT2D eigenvalue weighted by Crippen LogP contribution is 2.31. The number of carbonyl (C=O) groups is 1. The lowest BCUT2D eigenvalue weighted by atomic mass is 10.2. The largest absolute Gasteiger partial charge is 0.433 e. The Kier molecular flexibility index (Phi) is 5.57. The third kappa shape index (κ3) is 4.36. The van der Waals surface area contributed by atoms with Crippen molar-refractivity contribution in [2.75, 3.05) is 0 Å². The Labute approximate surface area is 162 Å². The lowest BCUT2D eigenvalue weighted by Gasteiger charge is -2.06. The van der Waals surface area contributed by atoms with E-state index in [9.17, 15) is 19.3 Å². The Bertz CT molecular complexity index is 1010. The summed E-state index contributed by atoms with van der Waals surface area (Å²) in [4.78, 5) is 22.6. The highest BCUT2D eigenvalue weighted by molar-refractivity contribution is 8.26. The molecule has 136 valence electrons. The Morgan fingerprint density at radius 1 is 1.30 bits per heavy atom. The van der Waals surface area contributed by atoms with Crippen LogP contribution < -0.4 is 0 Å². The van der Waals surface area contributed by atoms with Crippen LogP contribution in [0.1, 0.15) is 11.3 Å². The fourth-order valence-electron chi connectivity index (χ4n) is 2.03. The van der Waals surface area contributed by atoms with E-state index in [-0.39, 0.29) is 21.5 Å². The second-order valence-corrected chi connectivity index (χ2v) is 6.75. The lowest BCUT2D eigenvalue weighted by molar-refractivity contribution is -0.402. The number of hydrazone groups is 1. The molecule has 0 unspecified atom stereocenters. The molecule has 10 heteroatoms. The van der Waals surface area contributed by atoms with Crippen molar-refractivity contribution in [3.8, 4) is 0 Å². The van der Waals surface area contributed by atoms with Crippen molar-refractivity contribution in [2.24, 2.45) is 5.10 Å². The van der Waals surface area contributed by atoms with Crippen LogP contribution in [0.3, 0.4) is 0 Å². The normalized spacial score (nSPS) is 16.3. The summed E-state index contributed by atoms with van der Waals surface area (Å²) in [7, 11) is 0. The van der Waals surface area contributed by atoms with Gasteiger partial charge in [0.05, 0.1) is 17.2 Å². The maximum absolute atomic E-state index is 13.6. The molecular formula is C17H10FN3O4S2. The second-order valence-electron chi connectivity index (χ2n) is 5.07. The molecule has 1 amide bonds. The zero-order valence-corrected chi connectivity index (χ0v) is 15.1. The molecule has 27 heavy (non-hydrogen) atoms. The highest BCUT2D eigenvalue weighted by Gasteiger charge is 2.31. The van der Waals surface area contributed by atoms with Gasteiger partial charge in [-0.1, -0.05) is 36.0 Å². The third-order valence-electron chi connectivity index (χ3n) is 3.29. The number of amides is 1. The zero-order chi connectivity index (χ0) is 19.4. The van der Waals surface area contributed by atoms with Gasteiger partial charge in [0.2, 0.25) is 0 Å². The maximum atomic E-state index is 13.6. The van der Waals surface area contributed by atoms with Crippen LogP contribution in [0, 0.1) is 15.9 Å². The van der Waals surface area contributed by atoms with E-state index in [4.69, 9.17) is 16.6 Å². The second kappa shape index (κ2) is 8.06. The molecule has 1 fully saturated rings. The number of thiocarbonyl (C=S) groups is 1. The third-order valence-corrected chi connectivity index (χ3v) is 4.59. The summed E-state index contributed by atoms with van der Waals surface area (Å²) in [6.45, 7) is 0. The number of thioether (sulfide) groups is 1. The molecule has 3 rings (SSSR count). The van der Waals surface area contributed by atoms with Crippen LogP contribution in [0.25, 0.3) is 6.08 Å². The highest BCUT2D eigenvalue weighted by atomic mass is 32.2. The van der Waals surface area contributed by atoms with Gasteiger partial charge >= 0.3 is 5.88 Å². The molecule has 0 atom stereocenters. The SMILES string of the molecule is O=C1/C(=C\C=C\c2ccc([N+](=O)[O-])o2)SC(=S)N1/N=C/c1ccccc1F. The number of allylic oxidation sites excluding steroid dienone is 2. The molecule has 1 aliphatic rings. The van der Waals surface area contributed by atoms with Gasteiger partial charge in [0.25, 0.3) is 5.91 Å². The predicted octanol–water partition coefficient (Wildman–Crippen LogP) is 4.12. The lowest BCUT2D eigenvalue weighted by Crippen LogP contribution is -2.22. The quantitative estimate of drug-likeness (QED) is 0.245. The van der Waals surface area contributed by atoms with E-state index in [0.29, 0.717) is 4.91 Å². The predicted molar refractivity (Wildman–Crippen MR) is 104 cm³/mol. The summed E-state index contributed by atoms with van der Waals surface area (Å²) in [5.41, 5.74) is 0.231. The average molecular weight is 403 g/mol. The first-order valence-electron chi connectivity index (χ1n) is 7.43. The van der Waals surface area contributed by atoms with E-state index < -0.39 is 16.6 Å². The van der Waals surface area contributed by atoms with E-state index in [1.165, 1.54) is 48.7 Å². The summed E-state index contributed by atoms with van der Waals surface area (Å²) >= 11 is 6.16. The zero-order valence-electron chi connectivity index (χ0n) is 13.4. The van der Waals surface area contributed by atoms with E-state index >= 15 is 0 Å². The molecule has 0 bridgehead atoms. The van der Waals surface area contributed by atoms with Crippen molar-refractivity contribution in [1.29, 1.82) is 0 Å². The number of nitrogens with zero attached hydrogens (tertiary/aromatic N) is 3. The van der Waals surface area contributed by atoms with E-state index in [1.54, 1.807) is 12.1 Å². The standard InChI is InChI=1S/C17H10FN3O4S2/c18-13-6-2-1-4-11(13)10-19-20-16(22)14(27-17(20)26)7-3-5-12-8-9-15(25-12)21(23)24/h1-10H/b5-3+,14-7+,19-10+. The van der Waals surface area contributed by atoms with Crippen molar-refractivity contribution in [1.82, 2.24) is 5.01 Å². The molecule has 0 aliphatic carbocycles. The molecule has 7 nitrogen and oxygen atoms in total. The molecule has 0 radical (unpaired) electrons. The smallest absolute Gasteiger partial charge is 0.401 e. The van der Waals surface area contributed by atoms with Crippen molar-refractivity contribution in [3.05, 3.63) is 80.7 Å². The molecular weight excluding hydrogens is 393 g/mol. The monoisotopic (exact) mass is 403 g/mol. The van der Waals surface area contributed by atoms with Crippen LogP contribution in [0.4, 0.5) is 10.3 Å². The summed E-state index contributed by atoms with van der Waals surface area (Å²) in [6.07, 6.45) is 5.70. The number of hydrogen-bond donors (Lipinski definition) is 0. The molecule has 1 saturated heterocycles. The van der Waals surface area contributed by atoms with Crippen LogP contribution in [0.15, 0.2) is 63.0 Å². The minimum Gasteiger partial charge on any atom is -0.401 e. The maximum Gasteiger partial charge on any atom is 0.433 e. The van der Waals surface area contributed by atoms with E-state index in [2.05, 4.69) is 5.10 Å². The molecule has 0 N–H and O–H groups in total. The van der Waals surface area contributed by atoms with Crippen LogP contribution in [0.2, 0.25) is 0 Å². The molecule has 1 aromatic heterocycles. The number of rotatable bonds is 5. The number of carbonyl (C=O) groups excluding carboxylic acids is 1. The van der Waals surface area contributed by atoms with Crippen LogP contribution in [-0.2, 0) is 4.79 Å². The summed E-state index contributed by atoms with van der Waals surface area (Å²) in [5.74, 6) is -1.01. The summed E-state index contributed by atoms with van der Waals surface area (Å²) < 4.78 is 18.8. The van der Waals surface area contributed by atoms with Crippen LogP contribution >= 0.6 is 24.0 Å². The number of hydrogen-bond acceptors (Lipinski definition) is 7. The first-order valence-corrected chi connectivity index (χ1v) is 8.65. The Hall–Kier alpha value is -3.11. The Balaban J connectivity index is 1.71. The van der Waals surface area contributed by atoms with Crippen molar-refractivity contribution < 1.29 is 18.5 Å². The van der Waals surface area contributed by atoms with Gasteiger partial charge in [-0.05, 0) is 36.5 Å². The minimum atomic E-state index is -0.643. The Morgan fingerprint density at radius 3 is 2.78 bits per heavy atom. The number of nitro groups is 1. The molecule has 2 heterocycles. The molecule has 2 aromatic rings. The van der Waals surface area contributed by atoms with Gasteiger partial charge in [0, 0.05) is 5.56 Å². The van der Waals surface area contributed by atoms with Gasteiger partial charge in [-0.3, -0.25) is 14.9 Å². The molecule has 0 saturated carbocycles. The van der Waals surface area contributed by atoms with Gasteiger partial charge in [-0.15, -0.1) is 0 Å². The van der Waals surface area contributed by atoms with Gasteiger partial charge in [0.1, 0.15) is 16.5 Å². The molecule has 1 aromatic carbocycles. The van der Waals surface area contributed by atoms with Gasteiger partial charge in [-0.2, -0.15) is 10.1 Å². The average Bonchev–Trinajstić information content (AvgIpc) is 3.21. The summed E-state index contributed by atoms with van der Waals surface area (Å²) in [5, 5.41) is 15.5. The topological polar surface area (TPSA) is 88.9 Å². The van der Waals surface area contributed by atoms with Gasteiger partial charge in [0.15, 0.2) is 4.32 Å². The molecule has 1 aliphatic heterocycles. The van der Waals surface area contributed by atoms with Crippen LogP contribution in [-0.4, -0.2) is 26.4 Å². The molecule has 0 spiro atoms. The Morgan fingerprint density at radius 2 is 2.07 bits per heavy atom. The van der Waals surface area contributed by atoms with Gasteiger partial charge < -0.3 is 4.42 Å². The number of benzene rings is 1. The first-order chi connectivity index (χ1) is 13.0. The first kappa shape index (κ1) is 18.7.